The van der Waals surface area contributed by atoms with E-state index in [4.69, 9.17) is 0 Å². The fourth-order valence-electron chi connectivity index (χ4n) is 2.68. The Balaban J connectivity index is 0.00000200. The molecule has 0 heterocycles. The van der Waals surface area contributed by atoms with Crippen molar-refractivity contribution in [1.29, 1.82) is 0 Å². The molecule has 1 fully saturated rings. The molecule has 1 aliphatic carbocycles. The minimum Gasteiger partial charge on any atom is -1.00 e. The van der Waals surface area contributed by atoms with Crippen molar-refractivity contribution in [2.75, 3.05) is 20.6 Å². The third-order valence-electron chi connectivity index (χ3n) is 3.69. The molecule has 2 rings (SSSR count). The van der Waals surface area contributed by atoms with E-state index in [1.54, 1.807) is 0 Å². The molecule has 0 bridgehead atoms. The van der Waals surface area contributed by atoms with Gasteiger partial charge < -0.3 is 17.3 Å². The number of ketones is 1. The predicted molar refractivity (Wildman–Crippen MR) is 80.1 cm³/mol. The van der Waals surface area contributed by atoms with Gasteiger partial charge in [0.25, 0.3) is 0 Å². The zero-order chi connectivity index (χ0) is 13.8. The first-order valence-corrected chi connectivity index (χ1v) is 7.02. The van der Waals surface area contributed by atoms with Gasteiger partial charge in [-0.3, -0.25) is 4.79 Å². The van der Waals surface area contributed by atoms with Gasteiger partial charge in [-0.2, -0.15) is 0 Å². The molecule has 0 spiro atoms. The highest BCUT2D eigenvalue weighted by molar-refractivity contribution is 6.01. The van der Waals surface area contributed by atoms with Crippen molar-refractivity contribution in [3.8, 4) is 0 Å². The summed E-state index contributed by atoms with van der Waals surface area (Å²) in [6.45, 7) is 2.94. The summed E-state index contributed by atoms with van der Waals surface area (Å²) in [6, 6.07) is 8.37. The normalized spacial score (nSPS) is 21.1. The van der Waals surface area contributed by atoms with Gasteiger partial charge in [-0.1, -0.05) is 29.8 Å². The molecule has 0 aliphatic heterocycles. The Kier molecular flexibility index (Phi) is 6.44. The lowest BCUT2D eigenvalue weighted by molar-refractivity contribution is -0.120. The first-order valence-electron chi connectivity index (χ1n) is 7.02. The van der Waals surface area contributed by atoms with Crippen molar-refractivity contribution >= 4 is 11.9 Å². The molecule has 1 aromatic carbocycles. The molecule has 0 radical (unpaired) electrons. The van der Waals surface area contributed by atoms with E-state index in [1.807, 2.05) is 14.1 Å². The maximum absolute atomic E-state index is 12.4. The Labute approximate surface area is 128 Å². The molecule has 1 atom stereocenters. The van der Waals surface area contributed by atoms with Crippen LogP contribution in [0.4, 0.5) is 0 Å². The van der Waals surface area contributed by atoms with Crippen LogP contribution in [0.1, 0.15) is 30.4 Å². The van der Waals surface area contributed by atoms with Gasteiger partial charge in [0.05, 0.1) is 0 Å². The van der Waals surface area contributed by atoms with E-state index in [2.05, 4.69) is 42.2 Å². The third kappa shape index (κ3) is 4.46. The maximum Gasteiger partial charge on any atom is 0.163 e. The van der Waals surface area contributed by atoms with Crippen molar-refractivity contribution in [3.05, 3.63) is 41.0 Å². The topological polar surface area (TPSA) is 20.3 Å². The molecular formula is C17H23ClNO-. The minimum atomic E-state index is 0. The molecule has 0 saturated heterocycles. The Hall–Kier alpha value is -1.12. The Morgan fingerprint density at radius 1 is 1.25 bits per heavy atom. The zero-order valence-corrected chi connectivity index (χ0v) is 13.3. The highest BCUT2D eigenvalue weighted by Crippen LogP contribution is 2.27. The molecule has 110 valence electrons. The summed E-state index contributed by atoms with van der Waals surface area (Å²) in [6.07, 6.45) is 5.16. The van der Waals surface area contributed by atoms with Gasteiger partial charge >= 0.3 is 0 Å². The number of benzene rings is 1. The van der Waals surface area contributed by atoms with E-state index in [9.17, 15) is 4.79 Å². The molecule has 20 heavy (non-hydrogen) atoms. The smallest absolute Gasteiger partial charge is 0.163 e. The SMILES string of the molecule is Cc1ccc(/C=C2\CCCC(CN(C)C)C2=O)cc1.[Cl-]. The van der Waals surface area contributed by atoms with Crippen LogP contribution in [0.25, 0.3) is 6.08 Å². The average molecular weight is 293 g/mol. The van der Waals surface area contributed by atoms with Crippen LogP contribution in [-0.2, 0) is 4.79 Å². The summed E-state index contributed by atoms with van der Waals surface area (Å²) >= 11 is 0. The Morgan fingerprint density at radius 2 is 1.90 bits per heavy atom. The molecule has 1 unspecified atom stereocenters. The van der Waals surface area contributed by atoms with Crippen LogP contribution in [0.3, 0.4) is 0 Å². The fourth-order valence-corrected chi connectivity index (χ4v) is 2.68. The molecule has 1 aliphatic rings. The summed E-state index contributed by atoms with van der Waals surface area (Å²) in [5.74, 6) is 0.529. The van der Waals surface area contributed by atoms with Crippen LogP contribution in [0.5, 0.6) is 0 Å². The van der Waals surface area contributed by atoms with Gasteiger partial charge in [0.1, 0.15) is 0 Å². The van der Waals surface area contributed by atoms with Crippen molar-refractivity contribution in [2.24, 2.45) is 5.92 Å². The molecule has 0 N–H and O–H groups in total. The molecule has 1 saturated carbocycles. The van der Waals surface area contributed by atoms with Crippen LogP contribution in [0.2, 0.25) is 0 Å². The van der Waals surface area contributed by atoms with Crippen LogP contribution in [-0.4, -0.2) is 31.3 Å². The van der Waals surface area contributed by atoms with E-state index in [-0.39, 0.29) is 18.3 Å². The maximum atomic E-state index is 12.4. The van der Waals surface area contributed by atoms with Gasteiger partial charge in [0.15, 0.2) is 5.78 Å². The number of Topliss-reactive ketones (excluding diaryl/α,β-unsaturated/α-hetero) is 1. The lowest BCUT2D eigenvalue weighted by Gasteiger charge is -2.25. The number of hydrogen-bond acceptors (Lipinski definition) is 2. The van der Waals surface area contributed by atoms with Crippen LogP contribution < -0.4 is 12.4 Å². The van der Waals surface area contributed by atoms with Gasteiger partial charge in [0, 0.05) is 12.5 Å². The highest BCUT2D eigenvalue weighted by Gasteiger charge is 2.26. The van der Waals surface area contributed by atoms with Crippen molar-refractivity contribution < 1.29 is 17.2 Å². The minimum absolute atomic E-state index is 0. The fraction of sp³-hybridized carbons (Fsp3) is 0.471. The molecule has 2 nitrogen and oxygen atoms in total. The van der Waals surface area contributed by atoms with E-state index >= 15 is 0 Å². The zero-order valence-electron chi connectivity index (χ0n) is 12.5. The van der Waals surface area contributed by atoms with Crippen molar-refractivity contribution in [2.45, 2.75) is 26.2 Å². The highest BCUT2D eigenvalue weighted by atomic mass is 35.5. The lowest BCUT2D eigenvalue weighted by Crippen LogP contribution is -3.00. The average Bonchev–Trinajstić information content (AvgIpc) is 2.36. The molecule has 0 amide bonds. The number of halogens is 1. The third-order valence-corrected chi connectivity index (χ3v) is 3.69. The Morgan fingerprint density at radius 3 is 2.50 bits per heavy atom. The summed E-state index contributed by atoms with van der Waals surface area (Å²) < 4.78 is 0. The summed E-state index contributed by atoms with van der Waals surface area (Å²) in [5, 5.41) is 0. The number of aryl methyl sites for hydroxylation is 1. The second-order valence-corrected chi connectivity index (χ2v) is 5.80. The monoisotopic (exact) mass is 292 g/mol. The van der Waals surface area contributed by atoms with Crippen LogP contribution in [0, 0.1) is 12.8 Å². The lowest BCUT2D eigenvalue weighted by atomic mass is 9.83. The second-order valence-electron chi connectivity index (χ2n) is 5.80. The van der Waals surface area contributed by atoms with Gasteiger partial charge in [-0.15, -0.1) is 0 Å². The van der Waals surface area contributed by atoms with Crippen molar-refractivity contribution in [3.63, 3.8) is 0 Å². The van der Waals surface area contributed by atoms with Gasteiger partial charge in [0.2, 0.25) is 0 Å². The van der Waals surface area contributed by atoms with E-state index < -0.39 is 0 Å². The predicted octanol–water partition coefficient (Wildman–Crippen LogP) is 0.313. The largest absolute Gasteiger partial charge is 1.00 e. The number of rotatable bonds is 3. The first-order chi connectivity index (χ1) is 9.06. The van der Waals surface area contributed by atoms with E-state index in [0.717, 1.165) is 36.9 Å². The molecule has 3 heteroatoms. The van der Waals surface area contributed by atoms with Crippen molar-refractivity contribution in [1.82, 2.24) is 4.90 Å². The second kappa shape index (κ2) is 7.61. The summed E-state index contributed by atoms with van der Waals surface area (Å²) in [7, 11) is 4.07. The summed E-state index contributed by atoms with van der Waals surface area (Å²) in [5.41, 5.74) is 3.39. The number of hydrogen-bond donors (Lipinski definition) is 0. The Bertz CT molecular complexity index is 476. The van der Waals surface area contributed by atoms with Gasteiger partial charge in [-0.25, -0.2) is 0 Å². The first kappa shape index (κ1) is 16.9. The number of allylic oxidation sites excluding steroid dienone is 1. The van der Waals surface area contributed by atoms with Crippen LogP contribution in [0.15, 0.2) is 29.8 Å². The van der Waals surface area contributed by atoms with E-state index in [0.29, 0.717) is 5.78 Å². The molecule has 1 aromatic rings. The van der Waals surface area contributed by atoms with Crippen LogP contribution >= 0.6 is 0 Å². The van der Waals surface area contributed by atoms with Gasteiger partial charge in [-0.05, 0) is 57.5 Å². The molecule has 0 aromatic heterocycles. The standard InChI is InChI=1S/C17H23NO.ClH/c1-13-7-9-14(10-8-13)11-15-5-4-6-16(17(15)19)12-18(2)3;/h7-11,16H,4-6,12H2,1-3H3;1H/p-1/b15-11+;. The van der Waals surface area contributed by atoms with E-state index in [1.165, 1.54) is 5.56 Å². The number of carbonyl (C=O) groups is 1. The number of nitrogens with zero attached hydrogens (tertiary/aromatic N) is 1. The number of carbonyl (C=O) groups excluding carboxylic acids is 1. The summed E-state index contributed by atoms with van der Waals surface area (Å²) in [4.78, 5) is 14.5. The quantitative estimate of drug-likeness (QED) is 0.748. The molecular weight excluding hydrogens is 270 g/mol.